The van der Waals surface area contributed by atoms with Gasteiger partial charge in [-0.3, -0.25) is 0 Å². The van der Waals surface area contributed by atoms with E-state index in [4.69, 9.17) is 0 Å². The van der Waals surface area contributed by atoms with E-state index in [1.54, 1.807) is 16.7 Å². The quantitative estimate of drug-likeness (QED) is 0.778. The topological polar surface area (TPSA) is 12.0 Å². The van der Waals surface area contributed by atoms with Crippen molar-refractivity contribution in [3.05, 3.63) is 47.0 Å². The van der Waals surface area contributed by atoms with Gasteiger partial charge in [0.25, 0.3) is 0 Å². The number of benzene rings is 1. The molecular formula is C18H25N. The average Bonchev–Trinajstić information content (AvgIpc) is 2.45. The third-order valence-corrected chi connectivity index (χ3v) is 4.64. The Hall–Kier alpha value is -1.08. The van der Waals surface area contributed by atoms with Gasteiger partial charge >= 0.3 is 0 Å². The molecular weight excluding hydrogens is 230 g/mol. The summed E-state index contributed by atoms with van der Waals surface area (Å²) in [5, 5.41) is 3.81. The van der Waals surface area contributed by atoms with Crippen LogP contribution in [0.25, 0.3) is 0 Å². The van der Waals surface area contributed by atoms with Crippen molar-refractivity contribution in [1.82, 2.24) is 5.32 Å². The summed E-state index contributed by atoms with van der Waals surface area (Å²) in [6, 6.07) is 9.57. The number of hydrogen-bond donors (Lipinski definition) is 1. The molecule has 0 aliphatic heterocycles. The van der Waals surface area contributed by atoms with Crippen LogP contribution >= 0.6 is 0 Å². The summed E-state index contributed by atoms with van der Waals surface area (Å²) >= 11 is 0. The molecule has 3 rings (SSSR count). The SMILES string of the molecule is CCCNC(C1=CCCCC1)C1Cc2ccccc21. The van der Waals surface area contributed by atoms with Crippen LogP contribution in [0, 0.1) is 0 Å². The molecule has 0 fully saturated rings. The molecule has 1 nitrogen and oxygen atoms in total. The first-order valence-electron chi connectivity index (χ1n) is 7.90. The van der Waals surface area contributed by atoms with Crippen LogP contribution in [-0.4, -0.2) is 12.6 Å². The van der Waals surface area contributed by atoms with Gasteiger partial charge in [0, 0.05) is 12.0 Å². The van der Waals surface area contributed by atoms with E-state index in [-0.39, 0.29) is 0 Å². The zero-order chi connectivity index (χ0) is 13.1. The Morgan fingerprint density at radius 3 is 2.89 bits per heavy atom. The number of rotatable bonds is 5. The molecule has 0 saturated carbocycles. The highest BCUT2D eigenvalue weighted by Gasteiger charge is 2.34. The molecule has 0 spiro atoms. The van der Waals surface area contributed by atoms with Crippen LogP contribution in [0.2, 0.25) is 0 Å². The predicted molar refractivity (Wildman–Crippen MR) is 81.5 cm³/mol. The zero-order valence-electron chi connectivity index (χ0n) is 12.0. The van der Waals surface area contributed by atoms with E-state index in [0.717, 1.165) is 6.54 Å². The van der Waals surface area contributed by atoms with E-state index in [1.165, 1.54) is 38.5 Å². The van der Waals surface area contributed by atoms with E-state index in [0.29, 0.717) is 12.0 Å². The third-order valence-electron chi connectivity index (χ3n) is 4.64. The van der Waals surface area contributed by atoms with Gasteiger partial charge in [0.05, 0.1) is 0 Å². The molecule has 0 saturated heterocycles. The second kappa shape index (κ2) is 5.92. The number of nitrogens with one attached hydrogen (secondary N) is 1. The van der Waals surface area contributed by atoms with Crippen LogP contribution in [-0.2, 0) is 6.42 Å². The van der Waals surface area contributed by atoms with Gasteiger partial charge < -0.3 is 5.32 Å². The van der Waals surface area contributed by atoms with Crippen LogP contribution in [0.4, 0.5) is 0 Å². The molecule has 0 bridgehead atoms. The third kappa shape index (κ3) is 2.62. The van der Waals surface area contributed by atoms with Crippen LogP contribution in [0.3, 0.4) is 0 Å². The molecule has 2 aliphatic carbocycles. The lowest BCUT2D eigenvalue weighted by Gasteiger charge is -2.39. The van der Waals surface area contributed by atoms with Gasteiger partial charge in [-0.15, -0.1) is 0 Å². The lowest BCUT2D eigenvalue weighted by Crippen LogP contribution is -2.42. The molecule has 19 heavy (non-hydrogen) atoms. The van der Waals surface area contributed by atoms with Gasteiger partial charge in [0.2, 0.25) is 0 Å². The van der Waals surface area contributed by atoms with Crippen molar-refractivity contribution in [3.63, 3.8) is 0 Å². The second-order valence-electron chi connectivity index (χ2n) is 5.97. The molecule has 2 atom stereocenters. The summed E-state index contributed by atoms with van der Waals surface area (Å²) in [5.74, 6) is 0.715. The first-order chi connectivity index (χ1) is 9.40. The maximum absolute atomic E-state index is 3.81. The first-order valence-corrected chi connectivity index (χ1v) is 7.90. The second-order valence-corrected chi connectivity index (χ2v) is 5.97. The Morgan fingerprint density at radius 1 is 1.26 bits per heavy atom. The monoisotopic (exact) mass is 255 g/mol. The Balaban J connectivity index is 1.79. The van der Waals surface area contributed by atoms with Crippen molar-refractivity contribution in [1.29, 1.82) is 0 Å². The summed E-state index contributed by atoms with van der Waals surface area (Å²) in [7, 11) is 0. The fraction of sp³-hybridized carbons (Fsp3) is 0.556. The van der Waals surface area contributed by atoms with Gasteiger partial charge in [0.1, 0.15) is 0 Å². The standard InChI is InChI=1S/C18H25N/c1-2-12-19-18(14-8-4-3-5-9-14)17-13-15-10-6-7-11-16(15)17/h6-8,10-11,17-19H,2-5,9,12-13H2,1H3. The highest BCUT2D eigenvalue weighted by Crippen LogP contribution is 2.41. The minimum Gasteiger partial charge on any atom is -0.310 e. The maximum Gasteiger partial charge on any atom is 0.0351 e. The van der Waals surface area contributed by atoms with Crippen molar-refractivity contribution < 1.29 is 0 Å². The largest absolute Gasteiger partial charge is 0.310 e. The van der Waals surface area contributed by atoms with Gasteiger partial charge in [-0.25, -0.2) is 0 Å². The molecule has 102 valence electrons. The Bertz CT molecular complexity index is 461. The van der Waals surface area contributed by atoms with Gasteiger partial charge in [-0.1, -0.05) is 42.8 Å². The van der Waals surface area contributed by atoms with Crippen LogP contribution < -0.4 is 5.32 Å². The van der Waals surface area contributed by atoms with E-state index in [1.807, 2.05) is 0 Å². The zero-order valence-corrected chi connectivity index (χ0v) is 12.0. The van der Waals surface area contributed by atoms with Crippen LogP contribution in [0.5, 0.6) is 0 Å². The molecule has 1 heteroatoms. The fourth-order valence-corrected chi connectivity index (χ4v) is 3.57. The molecule has 1 aromatic rings. The molecule has 1 aromatic carbocycles. The molecule has 1 N–H and O–H groups in total. The smallest absolute Gasteiger partial charge is 0.0351 e. The Kier molecular flexibility index (Phi) is 4.03. The summed E-state index contributed by atoms with van der Waals surface area (Å²) in [6.07, 6.45) is 10.3. The van der Waals surface area contributed by atoms with Crippen LogP contribution in [0.1, 0.15) is 56.1 Å². The predicted octanol–water partition coefficient (Wildman–Crippen LogP) is 4.19. The molecule has 0 aromatic heterocycles. The summed E-state index contributed by atoms with van der Waals surface area (Å²) in [5.41, 5.74) is 4.83. The molecule has 2 unspecified atom stereocenters. The van der Waals surface area contributed by atoms with Gasteiger partial charge in [-0.2, -0.15) is 0 Å². The van der Waals surface area contributed by atoms with Crippen molar-refractivity contribution in [2.24, 2.45) is 0 Å². The van der Waals surface area contributed by atoms with Crippen molar-refractivity contribution in [2.45, 2.75) is 57.4 Å². The van der Waals surface area contributed by atoms with Gasteiger partial charge in [-0.05, 0) is 56.2 Å². The first kappa shape index (κ1) is 12.9. The number of hydrogen-bond acceptors (Lipinski definition) is 1. The lowest BCUT2D eigenvalue weighted by atomic mass is 9.70. The van der Waals surface area contributed by atoms with E-state index in [9.17, 15) is 0 Å². The van der Waals surface area contributed by atoms with Crippen molar-refractivity contribution in [3.8, 4) is 0 Å². The van der Waals surface area contributed by atoms with Crippen LogP contribution in [0.15, 0.2) is 35.9 Å². The minimum absolute atomic E-state index is 0.593. The van der Waals surface area contributed by atoms with Crippen molar-refractivity contribution >= 4 is 0 Å². The minimum atomic E-state index is 0.593. The fourth-order valence-electron chi connectivity index (χ4n) is 3.57. The molecule has 0 radical (unpaired) electrons. The normalized spacial score (nSPS) is 23.2. The Labute approximate surface area is 117 Å². The van der Waals surface area contributed by atoms with Gasteiger partial charge in [0.15, 0.2) is 0 Å². The summed E-state index contributed by atoms with van der Waals surface area (Å²) in [4.78, 5) is 0. The van der Waals surface area contributed by atoms with E-state index in [2.05, 4.69) is 42.6 Å². The van der Waals surface area contributed by atoms with E-state index >= 15 is 0 Å². The number of fused-ring (bicyclic) bond motifs is 1. The molecule has 0 amide bonds. The van der Waals surface area contributed by atoms with Crippen molar-refractivity contribution in [2.75, 3.05) is 6.54 Å². The summed E-state index contributed by atoms with van der Waals surface area (Å²) < 4.78 is 0. The average molecular weight is 255 g/mol. The lowest BCUT2D eigenvalue weighted by molar-refractivity contribution is 0.425. The maximum atomic E-state index is 3.81. The highest BCUT2D eigenvalue weighted by molar-refractivity contribution is 5.43. The Morgan fingerprint density at radius 2 is 2.16 bits per heavy atom. The molecule has 2 aliphatic rings. The van der Waals surface area contributed by atoms with E-state index < -0.39 is 0 Å². The molecule has 0 heterocycles. The number of allylic oxidation sites excluding steroid dienone is 1. The highest BCUT2D eigenvalue weighted by atomic mass is 14.9. The summed E-state index contributed by atoms with van der Waals surface area (Å²) in [6.45, 7) is 3.40.